The van der Waals surface area contributed by atoms with E-state index in [1.54, 1.807) is 23.9 Å². The Morgan fingerprint density at radius 1 is 1.25 bits per heavy atom. The van der Waals surface area contributed by atoms with E-state index in [4.69, 9.17) is 16.4 Å². The van der Waals surface area contributed by atoms with Gasteiger partial charge in [0.2, 0.25) is 0 Å². The number of nitrogens with zero attached hydrogens (tertiary/aromatic N) is 1. The van der Waals surface area contributed by atoms with Crippen LogP contribution in [0.3, 0.4) is 0 Å². The zero-order valence-corrected chi connectivity index (χ0v) is 14.4. The summed E-state index contributed by atoms with van der Waals surface area (Å²) in [6.07, 6.45) is 2.41. The Kier molecular flexibility index (Phi) is 5.43. The predicted octanol–water partition coefficient (Wildman–Crippen LogP) is 4.60. The van der Waals surface area contributed by atoms with Gasteiger partial charge in [-0.05, 0) is 30.5 Å². The minimum Gasteiger partial charge on any atom is -0.476 e. The van der Waals surface area contributed by atoms with Crippen molar-refractivity contribution in [1.82, 2.24) is 0 Å². The molecule has 0 unspecified atom stereocenters. The molecule has 2 aromatic carbocycles. The summed E-state index contributed by atoms with van der Waals surface area (Å²) in [5.41, 5.74) is 1.19. The van der Waals surface area contributed by atoms with Crippen molar-refractivity contribution in [1.29, 1.82) is 0 Å². The van der Waals surface area contributed by atoms with E-state index in [1.165, 1.54) is 12.8 Å². The summed E-state index contributed by atoms with van der Waals surface area (Å²) in [6, 6.07) is 14.6. The maximum Gasteiger partial charge on any atom is 0.358 e. The van der Waals surface area contributed by atoms with Crippen LogP contribution in [-0.4, -0.2) is 22.0 Å². The molecule has 4 nitrogen and oxygen atoms in total. The van der Waals surface area contributed by atoms with Gasteiger partial charge in [0.25, 0.3) is 0 Å². The van der Waals surface area contributed by atoms with E-state index in [0.29, 0.717) is 15.8 Å². The van der Waals surface area contributed by atoms with E-state index in [9.17, 15) is 9.90 Å². The second kappa shape index (κ2) is 7.73. The molecule has 24 heavy (non-hydrogen) atoms. The fourth-order valence-corrected chi connectivity index (χ4v) is 3.43. The molecule has 1 N–H and O–H groups in total. The van der Waals surface area contributed by atoms with Gasteiger partial charge in [0.15, 0.2) is 5.71 Å². The standard InChI is InChI=1S/C18H16ClNO3S/c19-15-10-13(6-9-16(15)24-14-7-8-14)17(18(21)22)20-23-11-12-4-2-1-3-5-12/h1-6,9-10,14H,7-8,11H2,(H,21,22)/b20-17+. The normalized spacial score (nSPS) is 14.5. The van der Waals surface area contributed by atoms with Crippen LogP contribution in [0.1, 0.15) is 24.0 Å². The Hall–Kier alpha value is -1.98. The van der Waals surface area contributed by atoms with E-state index in [1.807, 2.05) is 36.4 Å². The topological polar surface area (TPSA) is 58.9 Å². The number of thioether (sulfide) groups is 1. The molecule has 0 bridgehead atoms. The second-order valence-corrected chi connectivity index (χ2v) is 7.22. The van der Waals surface area contributed by atoms with E-state index in [-0.39, 0.29) is 12.3 Å². The molecular formula is C18H16ClNO3S. The minimum absolute atomic E-state index is 0.157. The van der Waals surface area contributed by atoms with Gasteiger partial charge in [-0.25, -0.2) is 4.79 Å². The molecule has 0 radical (unpaired) electrons. The number of benzene rings is 2. The molecule has 0 aromatic heterocycles. The minimum atomic E-state index is -1.15. The first-order valence-electron chi connectivity index (χ1n) is 7.57. The van der Waals surface area contributed by atoms with Crippen molar-refractivity contribution in [2.75, 3.05) is 0 Å². The lowest BCUT2D eigenvalue weighted by Gasteiger charge is -2.07. The van der Waals surface area contributed by atoms with Crippen molar-refractivity contribution in [3.8, 4) is 0 Å². The van der Waals surface area contributed by atoms with E-state index in [0.717, 1.165) is 10.5 Å². The molecular weight excluding hydrogens is 346 g/mol. The fourth-order valence-electron chi connectivity index (χ4n) is 2.07. The maximum absolute atomic E-state index is 11.5. The summed E-state index contributed by atoms with van der Waals surface area (Å²) in [4.78, 5) is 17.6. The van der Waals surface area contributed by atoms with Crippen LogP contribution in [0.2, 0.25) is 5.02 Å². The van der Waals surface area contributed by atoms with Crippen LogP contribution in [0.5, 0.6) is 0 Å². The lowest BCUT2D eigenvalue weighted by molar-refractivity contribution is -0.129. The van der Waals surface area contributed by atoms with E-state index < -0.39 is 5.97 Å². The summed E-state index contributed by atoms with van der Waals surface area (Å²) in [5, 5.41) is 14.3. The molecule has 1 saturated carbocycles. The van der Waals surface area contributed by atoms with Gasteiger partial charge in [-0.2, -0.15) is 0 Å². The van der Waals surface area contributed by atoms with Crippen molar-refractivity contribution < 1.29 is 14.7 Å². The van der Waals surface area contributed by atoms with Gasteiger partial charge in [0, 0.05) is 15.7 Å². The summed E-state index contributed by atoms with van der Waals surface area (Å²) < 4.78 is 0. The van der Waals surface area contributed by atoms with Gasteiger partial charge in [-0.3, -0.25) is 0 Å². The number of hydrogen-bond acceptors (Lipinski definition) is 4. The second-order valence-electron chi connectivity index (χ2n) is 5.47. The van der Waals surface area contributed by atoms with Crippen LogP contribution in [0.15, 0.2) is 58.6 Å². The first-order valence-corrected chi connectivity index (χ1v) is 8.83. The van der Waals surface area contributed by atoms with Gasteiger partial charge in [0.05, 0.1) is 5.02 Å². The molecule has 6 heteroatoms. The lowest BCUT2D eigenvalue weighted by atomic mass is 10.1. The van der Waals surface area contributed by atoms with Crippen molar-refractivity contribution in [2.24, 2.45) is 5.16 Å². The van der Waals surface area contributed by atoms with Crippen LogP contribution in [0.25, 0.3) is 0 Å². The highest BCUT2D eigenvalue weighted by atomic mass is 35.5. The van der Waals surface area contributed by atoms with Crippen molar-refractivity contribution in [3.05, 3.63) is 64.7 Å². The molecule has 0 heterocycles. The van der Waals surface area contributed by atoms with Crippen LogP contribution >= 0.6 is 23.4 Å². The molecule has 0 atom stereocenters. The molecule has 1 aliphatic carbocycles. The Morgan fingerprint density at radius 2 is 2.00 bits per heavy atom. The molecule has 0 amide bonds. The predicted molar refractivity (Wildman–Crippen MR) is 95.7 cm³/mol. The fraction of sp³-hybridized carbons (Fsp3) is 0.222. The average Bonchev–Trinajstić information content (AvgIpc) is 3.38. The molecule has 0 spiro atoms. The Balaban J connectivity index is 1.73. The van der Waals surface area contributed by atoms with Crippen molar-refractivity contribution in [3.63, 3.8) is 0 Å². The van der Waals surface area contributed by atoms with Crippen molar-refractivity contribution in [2.45, 2.75) is 29.6 Å². The molecule has 124 valence electrons. The van der Waals surface area contributed by atoms with Gasteiger partial charge in [0.1, 0.15) is 6.61 Å². The van der Waals surface area contributed by atoms with Crippen molar-refractivity contribution >= 4 is 35.0 Å². The van der Waals surface area contributed by atoms with Crippen LogP contribution in [0.4, 0.5) is 0 Å². The Bertz CT molecular complexity index is 760. The smallest absolute Gasteiger partial charge is 0.358 e. The largest absolute Gasteiger partial charge is 0.476 e. The molecule has 3 rings (SSSR count). The van der Waals surface area contributed by atoms with Crippen LogP contribution in [0, 0.1) is 0 Å². The van der Waals surface area contributed by atoms with E-state index >= 15 is 0 Å². The van der Waals surface area contributed by atoms with Crippen LogP contribution < -0.4 is 0 Å². The zero-order chi connectivity index (χ0) is 16.9. The third-order valence-electron chi connectivity index (χ3n) is 3.46. The Labute approximate surface area is 149 Å². The number of carbonyl (C=O) groups is 1. The number of halogens is 1. The summed E-state index contributed by atoms with van der Waals surface area (Å²) >= 11 is 8.00. The highest BCUT2D eigenvalue weighted by Gasteiger charge is 2.24. The summed E-state index contributed by atoms with van der Waals surface area (Å²) in [6.45, 7) is 0.209. The highest BCUT2D eigenvalue weighted by Crippen LogP contribution is 2.41. The number of carboxylic acid groups (broad SMARTS) is 1. The van der Waals surface area contributed by atoms with Gasteiger partial charge in [-0.1, -0.05) is 53.2 Å². The number of aliphatic carboxylic acids is 1. The lowest BCUT2D eigenvalue weighted by Crippen LogP contribution is -2.15. The molecule has 1 aliphatic rings. The van der Waals surface area contributed by atoms with Crippen LogP contribution in [-0.2, 0) is 16.2 Å². The molecule has 1 fully saturated rings. The first kappa shape index (κ1) is 16.9. The third-order valence-corrected chi connectivity index (χ3v) is 5.30. The zero-order valence-electron chi connectivity index (χ0n) is 12.8. The molecule has 2 aromatic rings. The Morgan fingerprint density at radius 3 is 2.62 bits per heavy atom. The van der Waals surface area contributed by atoms with E-state index in [2.05, 4.69) is 5.16 Å². The van der Waals surface area contributed by atoms with Gasteiger partial charge in [-0.15, -0.1) is 11.8 Å². The van der Waals surface area contributed by atoms with Gasteiger partial charge < -0.3 is 9.94 Å². The summed E-state index contributed by atoms with van der Waals surface area (Å²) in [7, 11) is 0. The number of rotatable bonds is 7. The quantitative estimate of drug-likeness (QED) is 0.578. The number of carboxylic acids is 1. The molecule has 0 saturated heterocycles. The summed E-state index contributed by atoms with van der Waals surface area (Å²) in [5.74, 6) is -1.15. The highest BCUT2D eigenvalue weighted by molar-refractivity contribution is 8.00. The monoisotopic (exact) mass is 361 g/mol. The number of oxime groups is 1. The van der Waals surface area contributed by atoms with Gasteiger partial charge >= 0.3 is 5.97 Å². The third kappa shape index (κ3) is 4.52. The maximum atomic E-state index is 11.5. The average molecular weight is 362 g/mol. The number of hydrogen-bond donors (Lipinski definition) is 1. The molecule has 0 aliphatic heterocycles. The first-order chi connectivity index (χ1) is 11.6. The SMILES string of the molecule is O=C(O)/C(=N/OCc1ccccc1)c1ccc(SC2CC2)c(Cl)c1.